The second-order valence-corrected chi connectivity index (χ2v) is 4.74. The molecule has 0 aliphatic rings. The van der Waals surface area contributed by atoms with E-state index in [0.717, 1.165) is 5.56 Å². The van der Waals surface area contributed by atoms with E-state index in [1.54, 1.807) is 12.1 Å². The summed E-state index contributed by atoms with van der Waals surface area (Å²) in [6.07, 6.45) is -2.48. The van der Waals surface area contributed by atoms with Crippen molar-refractivity contribution in [3.63, 3.8) is 0 Å². The number of benzene rings is 1. The number of nitrogens with one attached hydrogen (secondary N) is 1. The van der Waals surface area contributed by atoms with Crippen LogP contribution < -0.4 is 0 Å². The highest BCUT2D eigenvalue weighted by atomic mass is 35.5. The topological polar surface area (TPSA) is 25.0 Å². The van der Waals surface area contributed by atoms with Gasteiger partial charge in [-0.1, -0.05) is 23.7 Å². The molecule has 0 unspecified atom stereocenters. The lowest BCUT2D eigenvalue weighted by Crippen LogP contribution is -2.10. The van der Waals surface area contributed by atoms with Crippen molar-refractivity contribution in [1.29, 1.82) is 0 Å². The summed E-state index contributed by atoms with van der Waals surface area (Å²) in [5, 5.41) is 0.650. The minimum absolute atomic E-state index is 0.0636. The number of rotatable bonds is 5. The molecule has 0 fully saturated rings. The average molecular weight is 304 g/mol. The number of hydrogen-bond acceptors (Lipinski definition) is 1. The third-order valence-corrected chi connectivity index (χ3v) is 3.07. The number of halogens is 4. The predicted molar refractivity (Wildman–Crippen MR) is 70.6 cm³/mol. The molecule has 2 nitrogen and oxygen atoms in total. The SMILES string of the molecule is FC(F)(F)c1[nH]ccc1COCCc1ccc(Cl)cc1. The highest BCUT2D eigenvalue weighted by Gasteiger charge is 2.34. The van der Waals surface area contributed by atoms with E-state index in [9.17, 15) is 13.2 Å². The van der Waals surface area contributed by atoms with Crippen molar-refractivity contribution in [2.45, 2.75) is 19.2 Å². The number of hydrogen-bond donors (Lipinski definition) is 1. The summed E-state index contributed by atoms with van der Waals surface area (Å²) in [5.41, 5.74) is 0.400. The van der Waals surface area contributed by atoms with Crippen LogP contribution in [-0.4, -0.2) is 11.6 Å². The number of ether oxygens (including phenoxy) is 1. The fourth-order valence-electron chi connectivity index (χ4n) is 1.81. The molecule has 0 amide bonds. The first-order valence-corrected chi connectivity index (χ1v) is 6.40. The van der Waals surface area contributed by atoms with Crippen LogP contribution in [0, 0.1) is 0 Å². The monoisotopic (exact) mass is 303 g/mol. The maximum absolute atomic E-state index is 12.6. The quantitative estimate of drug-likeness (QED) is 0.811. The normalized spacial score (nSPS) is 11.8. The van der Waals surface area contributed by atoms with Gasteiger partial charge in [0, 0.05) is 16.8 Å². The molecule has 1 aromatic heterocycles. The molecule has 2 aromatic rings. The summed E-state index contributed by atoms with van der Waals surface area (Å²) in [4.78, 5) is 2.19. The molecule has 2 rings (SSSR count). The summed E-state index contributed by atoms with van der Waals surface area (Å²) in [5.74, 6) is 0. The molecule has 108 valence electrons. The molecule has 0 aliphatic heterocycles. The second kappa shape index (κ2) is 6.33. The zero-order chi connectivity index (χ0) is 14.6. The molecule has 0 bridgehead atoms. The van der Waals surface area contributed by atoms with E-state index >= 15 is 0 Å². The van der Waals surface area contributed by atoms with Crippen molar-refractivity contribution in [1.82, 2.24) is 4.98 Å². The lowest BCUT2D eigenvalue weighted by Gasteiger charge is -2.08. The van der Waals surface area contributed by atoms with E-state index in [-0.39, 0.29) is 12.2 Å². The summed E-state index contributed by atoms with van der Waals surface area (Å²) in [6, 6.07) is 8.65. The molecule has 1 N–H and O–H groups in total. The molecule has 0 aliphatic carbocycles. The Hall–Kier alpha value is -1.46. The Morgan fingerprint density at radius 2 is 1.80 bits per heavy atom. The summed E-state index contributed by atoms with van der Waals surface area (Å²) >= 11 is 5.76. The minimum atomic E-state index is -4.38. The van der Waals surface area contributed by atoms with Gasteiger partial charge in [0.1, 0.15) is 5.69 Å². The van der Waals surface area contributed by atoms with Crippen LogP contribution in [-0.2, 0) is 23.9 Å². The molecular weight excluding hydrogens is 291 g/mol. The summed E-state index contributed by atoms with van der Waals surface area (Å²) in [7, 11) is 0. The highest BCUT2D eigenvalue weighted by molar-refractivity contribution is 6.30. The van der Waals surface area contributed by atoms with E-state index in [1.807, 2.05) is 12.1 Å². The predicted octanol–water partition coefficient (Wildman–Crippen LogP) is 4.45. The lowest BCUT2D eigenvalue weighted by molar-refractivity contribution is -0.142. The Morgan fingerprint density at radius 1 is 1.10 bits per heavy atom. The van der Waals surface area contributed by atoms with Gasteiger partial charge in [-0.05, 0) is 30.2 Å². The van der Waals surface area contributed by atoms with Gasteiger partial charge in [-0.25, -0.2) is 0 Å². The van der Waals surface area contributed by atoms with Gasteiger partial charge in [0.2, 0.25) is 0 Å². The van der Waals surface area contributed by atoms with Gasteiger partial charge in [-0.2, -0.15) is 13.2 Å². The molecule has 0 saturated carbocycles. The van der Waals surface area contributed by atoms with Crippen LogP contribution in [0.5, 0.6) is 0 Å². The highest BCUT2D eigenvalue weighted by Crippen LogP contribution is 2.30. The van der Waals surface area contributed by atoms with Gasteiger partial charge in [0.15, 0.2) is 0 Å². The van der Waals surface area contributed by atoms with Crippen LogP contribution in [0.4, 0.5) is 13.2 Å². The summed E-state index contributed by atoms with van der Waals surface area (Å²) in [6.45, 7) is 0.288. The fourth-order valence-corrected chi connectivity index (χ4v) is 1.93. The zero-order valence-corrected chi connectivity index (χ0v) is 11.3. The fraction of sp³-hybridized carbons (Fsp3) is 0.286. The van der Waals surface area contributed by atoms with Crippen molar-refractivity contribution in [3.8, 4) is 0 Å². The largest absolute Gasteiger partial charge is 0.431 e. The third kappa shape index (κ3) is 4.02. The van der Waals surface area contributed by atoms with Gasteiger partial charge >= 0.3 is 6.18 Å². The summed E-state index contributed by atoms with van der Waals surface area (Å²) < 4.78 is 43.1. The third-order valence-electron chi connectivity index (χ3n) is 2.82. The number of aromatic amines is 1. The van der Waals surface area contributed by atoms with Gasteiger partial charge < -0.3 is 9.72 Å². The van der Waals surface area contributed by atoms with E-state index in [1.165, 1.54) is 12.3 Å². The number of alkyl halides is 3. The van der Waals surface area contributed by atoms with Crippen LogP contribution in [0.2, 0.25) is 5.02 Å². The Morgan fingerprint density at radius 3 is 2.45 bits per heavy atom. The molecule has 0 spiro atoms. The van der Waals surface area contributed by atoms with Crippen molar-refractivity contribution >= 4 is 11.6 Å². The Kier molecular flexibility index (Phi) is 4.73. The van der Waals surface area contributed by atoms with Crippen molar-refractivity contribution in [3.05, 3.63) is 58.4 Å². The van der Waals surface area contributed by atoms with Crippen molar-refractivity contribution in [2.24, 2.45) is 0 Å². The van der Waals surface area contributed by atoms with Gasteiger partial charge in [-0.3, -0.25) is 0 Å². The van der Waals surface area contributed by atoms with Gasteiger partial charge in [0.25, 0.3) is 0 Å². The van der Waals surface area contributed by atoms with Crippen molar-refractivity contribution in [2.75, 3.05) is 6.61 Å². The van der Waals surface area contributed by atoms with Gasteiger partial charge in [0.05, 0.1) is 13.2 Å². The average Bonchev–Trinajstić information content (AvgIpc) is 2.85. The lowest BCUT2D eigenvalue weighted by atomic mass is 10.2. The molecule has 1 aromatic carbocycles. The number of H-pyrrole nitrogens is 1. The first-order valence-electron chi connectivity index (χ1n) is 6.02. The van der Waals surface area contributed by atoms with Crippen LogP contribution in [0.25, 0.3) is 0 Å². The molecule has 6 heteroatoms. The second-order valence-electron chi connectivity index (χ2n) is 4.30. The van der Waals surface area contributed by atoms with Gasteiger partial charge in [-0.15, -0.1) is 0 Å². The zero-order valence-electron chi connectivity index (χ0n) is 10.5. The van der Waals surface area contributed by atoms with E-state index < -0.39 is 11.9 Å². The van der Waals surface area contributed by atoms with Crippen LogP contribution >= 0.6 is 11.6 Å². The van der Waals surface area contributed by atoms with E-state index in [4.69, 9.17) is 16.3 Å². The molecule has 20 heavy (non-hydrogen) atoms. The first kappa shape index (κ1) is 14.9. The Balaban J connectivity index is 1.82. The molecule has 0 radical (unpaired) electrons. The Labute approximate surface area is 119 Å². The van der Waals surface area contributed by atoms with E-state index in [0.29, 0.717) is 18.1 Å². The first-order chi connectivity index (χ1) is 9.47. The molecule has 0 saturated heterocycles. The minimum Gasteiger partial charge on any atom is -0.376 e. The smallest absolute Gasteiger partial charge is 0.376 e. The van der Waals surface area contributed by atoms with Crippen LogP contribution in [0.3, 0.4) is 0 Å². The van der Waals surface area contributed by atoms with Crippen LogP contribution in [0.1, 0.15) is 16.8 Å². The van der Waals surface area contributed by atoms with Crippen molar-refractivity contribution < 1.29 is 17.9 Å². The molecule has 0 atom stereocenters. The molecule has 1 heterocycles. The Bertz CT molecular complexity index is 548. The molecular formula is C14H13ClF3NO. The number of aromatic nitrogens is 1. The van der Waals surface area contributed by atoms with Crippen LogP contribution in [0.15, 0.2) is 36.5 Å². The maximum Gasteiger partial charge on any atom is 0.431 e. The van der Waals surface area contributed by atoms with E-state index in [2.05, 4.69) is 4.98 Å². The standard InChI is InChI=1S/C14H13ClF3NO/c15-12-3-1-10(2-4-12)6-8-20-9-11-5-7-19-13(11)14(16,17)18/h1-5,7,19H,6,8-9H2. The maximum atomic E-state index is 12.6.